The van der Waals surface area contributed by atoms with Crippen LogP contribution in [0.5, 0.6) is 0 Å². The summed E-state index contributed by atoms with van der Waals surface area (Å²) in [7, 11) is 1.64. The Morgan fingerprint density at radius 1 is 1.04 bits per heavy atom. The van der Waals surface area contributed by atoms with E-state index < -0.39 is 0 Å². The Labute approximate surface area is 149 Å². The number of amides is 1. The number of hydrogen-bond acceptors (Lipinski definition) is 3. The number of rotatable bonds is 9. The molecule has 0 fully saturated rings. The second-order valence-electron chi connectivity index (χ2n) is 5.72. The molecule has 0 aliphatic heterocycles. The highest BCUT2D eigenvalue weighted by Gasteiger charge is 2.09. The van der Waals surface area contributed by atoms with Gasteiger partial charge in [0.1, 0.15) is 0 Å². The molecule has 0 unspecified atom stereocenters. The van der Waals surface area contributed by atoms with Crippen molar-refractivity contribution in [3.05, 3.63) is 66.2 Å². The maximum Gasteiger partial charge on any atom is 0.246 e. The highest BCUT2D eigenvalue weighted by molar-refractivity contribution is 5.91. The maximum absolute atomic E-state index is 12.3. The van der Waals surface area contributed by atoms with Crippen molar-refractivity contribution in [2.75, 3.05) is 33.4 Å². The van der Waals surface area contributed by atoms with E-state index in [-0.39, 0.29) is 12.5 Å². The zero-order valence-corrected chi connectivity index (χ0v) is 14.6. The summed E-state index contributed by atoms with van der Waals surface area (Å²) in [5.74, 6) is -0.0997. The summed E-state index contributed by atoms with van der Waals surface area (Å²) in [6.45, 7) is 1.46. The van der Waals surface area contributed by atoms with Crippen LogP contribution in [0, 0.1) is 0 Å². The molecular weight excluding hydrogens is 314 g/mol. The Hall–Kier alpha value is -2.43. The molecule has 2 aromatic rings. The lowest BCUT2D eigenvalue weighted by atomic mass is 10.0. The Morgan fingerprint density at radius 3 is 2.36 bits per heavy atom. The van der Waals surface area contributed by atoms with Gasteiger partial charge < -0.3 is 14.7 Å². The van der Waals surface area contributed by atoms with Crippen LogP contribution < -0.4 is 0 Å². The van der Waals surface area contributed by atoms with Crippen LogP contribution in [0.3, 0.4) is 0 Å². The van der Waals surface area contributed by atoms with Crippen LogP contribution in [0.4, 0.5) is 0 Å². The first kappa shape index (κ1) is 18.9. The van der Waals surface area contributed by atoms with E-state index in [4.69, 9.17) is 9.84 Å². The monoisotopic (exact) mass is 339 g/mol. The fourth-order valence-corrected chi connectivity index (χ4v) is 2.54. The van der Waals surface area contributed by atoms with Gasteiger partial charge in [-0.05, 0) is 29.2 Å². The molecule has 0 atom stereocenters. The van der Waals surface area contributed by atoms with Crippen LogP contribution in [-0.2, 0) is 9.53 Å². The van der Waals surface area contributed by atoms with Gasteiger partial charge in [-0.2, -0.15) is 0 Å². The predicted molar refractivity (Wildman–Crippen MR) is 101 cm³/mol. The molecular formula is C21H25NO3. The number of hydrogen-bond donors (Lipinski definition) is 1. The van der Waals surface area contributed by atoms with Gasteiger partial charge in [-0.25, -0.2) is 0 Å². The Balaban J connectivity index is 1.98. The topological polar surface area (TPSA) is 49.8 Å². The number of methoxy groups -OCH3 is 1. The normalized spacial score (nSPS) is 11.0. The molecule has 1 N–H and O–H groups in total. The number of benzene rings is 2. The average molecular weight is 339 g/mol. The molecule has 0 bridgehead atoms. The van der Waals surface area contributed by atoms with Crippen LogP contribution in [0.15, 0.2) is 60.7 Å². The number of carbonyl (C=O) groups is 1. The quantitative estimate of drug-likeness (QED) is 0.564. The van der Waals surface area contributed by atoms with Crippen LogP contribution in [0.1, 0.15) is 12.0 Å². The summed E-state index contributed by atoms with van der Waals surface area (Å²) in [6.07, 6.45) is 4.11. The molecule has 0 saturated heterocycles. The van der Waals surface area contributed by atoms with Crippen molar-refractivity contribution in [1.29, 1.82) is 0 Å². The van der Waals surface area contributed by atoms with Gasteiger partial charge in [0, 0.05) is 32.9 Å². The molecule has 0 saturated carbocycles. The zero-order chi connectivity index (χ0) is 17.9. The zero-order valence-electron chi connectivity index (χ0n) is 14.6. The van der Waals surface area contributed by atoms with Gasteiger partial charge in [-0.3, -0.25) is 4.79 Å². The minimum Gasteiger partial charge on any atom is -0.395 e. The predicted octanol–water partition coefficient (Wildman–Crippen LogP) is 3.22. The van der Waals surface area contributed by atoms with Crippen molar-refractivity contribution in [3.63, 3.8) is 0 Å². The minimum absolute atomic E-state index is 0.0433. The second-order valence-corrected chi connectivity index (χ2v) is 5.72. The molecule has 2 aromatic carbocycles. The number of aliphatic hydroxyl groups excluding tert-OH is 1. The molecule has 4 nitrogen and oxygen atoms in total. The summed E-state index contributed by atoms with van der Waals surface area (Å²) < 4.78 is 5.01. The lowest BCUT2D eigenvalue weighted by Crippen LogP contribution is -2.33. The van der Waals surface area contributed by atoms with Gasteiger partial charge >= 0.3 is 0 Å². The van der Waals surface area contributed by atoms with Crippen LogP contribution in [0.2, 0.25) is 0 Å². The third-order valence-electron chi connectivity index (χ3n) is 3.89. The number of aliphatic hydroxyl groups is 1. The molecule has 0 aliphatic rings. The van der Waals surface area contributed by atoms with Gasteiger partial charge in [0.05, 0.1) is 6.61 Å². The molecule has 0 aromatic heterocycles. The van der Waals surface area contributed by atoms with E-state index in [9.17, 15) is 4.79 Å². The van der Waals surface area contributed by atoms with Crippen molar-refractivity contribution >= 4 is 12.0 Å². The van der Waals surface area contributed by atoms with E-state index >= 15 is 0 Å². The van der Waals surface area contributed by atoms with E-state index in [1.54, 1.807) is 24.2 Å². The first-order valence-corrected chi connectivity index (χ1v) is 8.47. The molecule has 25 heavy (non-hydrogen) atoms. The molecule has 4 heteroatoms. The first-order chi connectivity index (χ1) is 12.2. The van der Waals surface area contributed by atoms with Crippen molar-refractivity contribution < 1.29 is 14.6 Å². The van der Waals surface area contributed by atoms with Crippen LogP contribution >= 0.6 is 0 Å². The maximum atomic E-state index is 12.3. The minimum atomic E-state index is -0.0997. The van der Waals surface area contributed by atoms with Gasteiger partial charge in [0.25, 0.3) is 0 Å². The number of ether oxygens (including phenoxy) is 1. The summed E-state index contributed by atoms with van der Waals surface area (Å²) in [6, 6.07) is 18.2. The highest BCUT2D eigenvalue weighted by Crippen LogP contribution is 2.19. The third-order valence-corrected chi connectivity index (χ3v) is 3.89. The van der Waals surface area contributed by atoms with E-state index in [2.05, 4.69) is 12.1 Å². The molecule has 0 radical (unpaired) electrons. The molecule has 1 amide bonds. The molecule has 0 heterocycles. The lowest BCUT2D eigenvalue weighted by molar-refractivity contribution is -0.126. The molecule has 132 valence electrons. The first-order valence-electron chi connectivity index (χ1n) is 8.47. The van der Waals surface area contributed by atoms with Gasteiger partial charge in [-0.15, -0.1) is 0 Å². The van der Waals surface area contributed by atoms with Crippen molar-refractivity contribution in [2.24, 2.45) is 0 Å². The lowest BCUT2D eigenvalue weighted by Gasteiger charge is -2.19. The van der Waals surface area contributed by atoms with Crippen molar-refractivity contribution in [2.45, 2.75) is 6.42 Å². The summed E-state index contributed by atoms with van der Waals surface area (Å²) in [5, 5.41) is 9.12. The number of nitrogens with zero attached hydrogens (tertiary/aromatic N) is 1. The average Bonchev–Trinajstić information content (AvgIpc) is 2.66. The van der Waals surface area contributed by atoms with E-state index in [1.165, 1.54) is 5.56 Å². The number of carbonyl (C=O) groups excluding carboxylic acids is 1. The highest BCUT2D eigenvalue weighted by atomic mass is 16.5. The van der Waals surface area contributed by atoms with Gasteiger partial charge in [0.15, 0.2) is 0 Å². The van der Waals surface area contributed by atoms with E-state index in [1.807, 2.05) is 42.5 Å². The van der Waals surface area contributed by atoms with E-state index in [0.29, 0.717) is 19.7 Å². The molecule has 0 aliphatic carbocycles. The fourth-order valence-electron chi connectivity index (χ4n) is 2.54. The molecule has 2 rings (SSSR count). The van der Waals surface area contributed by atoms with E-state index in [0.717, 1.165) is 17.5 Å². The fraction of sp³-hybridized carbons (Fsp3) is 0.286. The Kier molecular flexibility index (Phi) is 7.89. The summed E-state index contributed by atoms with van der Waals surface area (Å²) in [5.41, 5.74) is 3.28. The molecule has 0 spiro atoms. The van der Waals surface area contributed by atoms with Crippen molar-refractivity contribution in [3.8, 4) is 11.1 Å². The summed E-state index contributed by atoms with van der Waals surface area (Å²) in [4.78, 5) is 13.9. The second kappa shape index (κ2) is 10.4. The van der Waals surface area contributed by atoms with Gasteiger partial charge in [-0.1, -0.05) is 54.6 Å². The van der Waals surface area contributed by atoms with Crippen LogP contribution in [0.25, 0.3) is 17.2 Å². The standard InChI is InChI=1S/C21H25NO3/c1-25-17-5-14-22(15-16-23)21(24)13-10-18-8-11-20(12-9-18)19-6-3-2-4-7-19/h2-4,6-13,23H,5,14-17H2,1H3/b13-10+. The third kappa shape index (κ3) is 6.18. The largest absolute Gasteiger partial charge is 0.395 e. The van der Waals surface area contributed by atoms with Crippen molar-refractivity contribution in [1.82, 2.24) is 4.90 Å². The van der Waals surface area contributed by atoms with Gasteiger partial charge in [0.2, 0.25) is 5.91 Å². The smallest absolute Gasteiger partial charge is 0.246 e. The Morgan fingerprint density at radius 2 is 1.72 bits per heavy atom. The van der Waals surface area contributed by atoms with Crippen LogP contribution in [-0.4, -0.2) is 49.3 Å². The summed E-state index contributed by atoms with van der Waals surface area (Å²) >= 11 is 0. The Bertz CT molecular complexity index is 665. The SMILES string of the molecule is COCCCN(CCO)C(=O)/C=C/c1ccc(-c2ccccc2)cc1.